The molecule has 2 heterocycles. The van der Waals surface area contributed by atoms with Crippen molar-refractivity contribution < 1.29 is 14.7 Å². The second-order valence-corrected chi connectivity index (χ2v) is 8.14. The molecule has 1 saturated heterocycles. The van der Waals surface area contributed by atoms with Crippen LogP contribution in [0.4, 0.5) is 5.69 Å². The van der Waals surface area contributed by atoms with Gasteiger partial charge in [-0.25, -0.2) is 0 Å². The van der Waals surface area contributed by atoms with Gasteiger partial charge in [-0.05, 0) is 36.2 Å². The lowest BCUT2D eigenvalue weighted by atomic mass is 9.94. The molecule has 1 unspecified atom stereocenters. The number of likely N-dealkylation sites (tertiary alicyclic amines) is 1. The Balaban J connectivity index is 1.84. The van der Waals surface area contributed by atoms with Gasteiger partial charge in [0.25, 0.3) is 11.7 Å². The van der Waals surface area contributed by atoms with Crippen molar-refractivity contribution in [3.05, 3.63) is 101 Å². The van der Waals surface area contributed by atoms with Gasteiger partial charge in [-0.2, -0.15) is 0 Å². The molecule has 1 fully saturated rings. The summed E-state index contributed by atoms with van der Waals surface area (Å²) in [5.41, 5.74) is 4.20. The molecule has 1 amide bonds. The summed E-state index contributed by atoms with van der Waals surface area (Å²) in [6.45, 7) is 2.16. The summed E-state index contributed by atoms with van der Waals surface area (Å²) in [4.78, 5) is 33.8. The SMILES string of the molecule is Cc1ccc(C(O)=C2C(=O)C(=O)N(Cc3cccnc3)C2c2ccc(N(C)C)cc2)cc1. The number of nitrogens with zero attached hydrogens (tertiary/aromatic N) is 3. The number of ketones is 1. The smallest absolute Gasteiger partial charge is 0.295 e. The largest absolute Gasteiger partial charge is 0.507 e. The summed E-state index contributed by atoms with van der Waals surface area (Å²) < 4.78 is 0. The van der Waals surface area contributed by atoms with E-state index in [4.69, 9.17) is 0 Å². The zero-order chi connectivity index (χ0) is 22.8. The van der Waals surface area contributed by atoms with E-state index in [2.05, 4.69) is 4.98 Å². The highest BCUT2D eigenvalue weighted by atomic mass is 16.3. The van der Waals surface area contributed by atoms with Crippen LogP contribution in [-0.2, 0) is 16.1 Å². The maximum atomic E-state index is 13.1. The van der Waals surface area contributed by atoms with Gasteiger partial charge >= 0.3 is 0 Å². The van der Waals surface area contributed by atoms with E-state index in [1.54, 1.807) is 30.6 Å². The molecule has 4 rings (SSSR count). The standard InChI is InChI=1S/C26H25N3O3/c1-17-6-8-20(9-7-17)24(30)22-23(19-10-12-21(13-11-19)28(2)3)29(26(32)25(22)31)16-18-5-4-14-27-15-18/h4-15,23,30H,16H2,1-3H3. The number of carbonyl (C=O) groups is 2. The molecule has 0 saturated carbocycles. The second kappa shape index (κ2) is 8.67. The van der Waals surface area contributed by atoms with E-state index in [9.17, 15) is 14.7 Å². The van der Waals surface area contributed by atoms with Gasteiger partial charge in [0, 0.05) is 44.3 Å². The van der Waals surface area contributed by atoms with Crippen LogP contribution in [0.3, 0.4) is 0 Å². The fourth-order valence-corrected chi connectivity index (χ4v) is 3.90. The molecule has 0 spiro atoms. The number of pyridine rings is 1. The number of amides is 1. The van der Waals surface area contributed by atoms with Crippen LogP contribution in [0.1, 0.15) is 28.3 Å². The van der Waals surface area contributed by atoms with Gasteiger partial charge in [0.2, 0.25) is 0 Å². The van der Waals surface area contributed by atoms with Gasteiger partial charge in [-0.3, -0.25) is 14.6 Å². The van der Waals surface area contributed by atoms with E-state index in [1.807, 2.05) is 68.4 Å². The van der Waals surface area contributed by atoms with E-state index in [0.29, 0.717) is 5.56 Å². The molecule has 0 aliphatic carbocycles. The molecule has 1 atom stereocenters. The van der Waals surface area contributed by atoms with Crippen molar-refractivity contribution >= 4 is 23.1 Å². The first-order chi connectivity index (χ1) is 15.4. The first-order valence-electron chi connectivity index (χ1n) is 10.4. The Morgan fingerprint density at radius 2 is 1.72 bits per heavy atom. The normalized spacial score (nSPS) is 17.6. The monoisotopic (exact) mass is 427 g/mol. The van der Waals surface area contributed by atoms with Crippen molar-refractivity contribution in [3.63, 3.8) is 0 Å². The van der Waals surface area contributed by atoms with Gasteiger partial charge in [0.05, 0.1) is 11.6 Å². The number of aromatic nitrogens is 1. The molecule has 1 aliphatic heterocycles. The van der Waals surface area contributed by atoms with Gasteiger partial charge < -0.3 is 14.9 Å². The number of carbonyl (C=O) groups excluding carboxylic acids is 2. The summed E-state index contributed by atoms with van der Waals surface area (Å²) >= 11 is 0. The highest BCUT2D eigenvalue weighted by Crippen LogP contribution is 2.40. The first-order valence-corrected chi connectivity index (χ1v) is 10.4. The Bertz CT molecular complexity index is 1170. The number of aliphatic hydroxyl groups excluding tert-OH is 1. The molecule has 32 heavy (non-hydrogen) atoms. The summed E-state index contributed by atoms with van der Waals surface area (Å²) in [7, 11) is 3.89. The minimum absolute atomic E-state index is 0.0975. The van der Waals surface area contributed by atoms with Crippen LogP contribution in [-0.4, -0.2) is 40.8 Å². The average Bonchev–Trinajstić information content (AvgIpc) is 3.05. The Hall–Kier alpha value is -3.93. The minimum atomic E-state index is -0.701. The number of hydrogen-bond donors (Lipinski definition) is 1. The minimum Gasteiger partial charge on any atom is -0.507 e. The molecule has 3 aromatic rings. The highest BCUT2D eigenvalue weighted by Gasteiger charge is 2.46. The summed E-state index contributed by atoms with van der Waals surface area (Å²) in [5.74, 6) is -1.49. The van der Waals surface area contributed by atoms with E-state index in [-0.39, 0.29) is 17.9 Å². The van der Waals surface area contributed by atoms with Gasteiger partial charge in [0.15, 0.2) is 0 Å². The predicted octanol–water partition coefficient (Wildman–Crippen LogP) is 4.08. The van der Waals surface area contributed by atoms with Crippen LogP contribution >= 0.6 is 0 Å². The number of aryl methyl sites for hydroxylation is 1. The lowest BCUT2D eigenvalue weighted by molar-refractivity contribution is -0.140. The maximum absolute atomic E-state index is 13.1. The van der Waals surface area contributed by atoms with Crippen LogP contribution in [0.25, 0.3) is 5.76 Å². The highest BCUT2D eigenvalue weighted by molar-refractivity contribution is 6.46. The molecule has 1 aromatic heterocycles. The van der Waals surface area contributed by atoms with E-state index in [0.717, 1.165) is 22.4 Å². The number of Topliss-reactive ketones (excluding diaryl/α,β-unsaturated/α-hetero) is 1. The number of rotatable bonds is 5. The molecular formula is C26H25N3O3. The molecule has 0 bridgehead atoms. The molecule has 162 valence electrons. The Morgan fingerprint density at radius 1 is 1.03 bits per heavy atom. The number of aliphatic hydroxyl groups is 1. The average molecular weight is 428 g/mol. The fraction of sp³-hybridized carbons (Fsp3) is 0.192. The second-order valence-electron chi connectivity index (χ2n) is 8.14. The Labute approximate surface area is 187 Å². The molecule has 2 aromatic carbocycles. The van der Waals surface area contributed by atoms with Crippen LogP contribution < -0.4 is 4.90 Å². The first kappa shape index (κ1) is 21.3. The fourth-order valence-electron chi connectivity index (χ4n) is 3.90. The van der Waals surface area contributed by atoms with Crippen molar-refractivity contribution in [1.82, 2.24) is 9.88 Å². The third-order valence-electron chi connectivity index (χ3n) is 5.67. The molecule has 6 heteroatoms. The maximum Gasteiger partial charge on any atom is 0.295 e. The van der Waals surface area contributed by atoms with E-state index in [1.165, 1.54) is 4.90 Å². The number of benzene rings is 2. The summed E-state index contributed by atoms with van der Waals surface area (Å²) in [6.07, 6.45) is 3.33. The van der Waals surface area contributed by atoms with Gasteiger partial charge in [-0.15, -0.1) is 0 Å². The zero-order valence-corrected chi connectivity index (χ0v) is 18.3. The Morgan fingerprint density at radius 3 is 2.31 bits per heavy atom. The summed E-state index contributed by atoms with van der Waals surface area (Å²) in [5, 5.41) is 11.1. The predicted molar refractivity (Wildman–Crippen MR) is 124 cm³/mol. The number of hydrogen-bond acceptors (Lipinski definition) is 5. The van der Waals surface area contributed by atoms with Crippen LogP contribution in [0.15, 0.2) is 78.6 Å². The summed E-state index contributed by atoms with van der Waals surface area (Å²) in [6, 6.07) is 17.8. The topological polar surface area (TPSA) is 73.7 Å². The Kier molecular flexibility index (Phi) is 5.77. The molecule has 0 radical (unpaired) electrons. The zero-order valence-electron chi connectivity index (χ0n) is 18.3. The van der Waals surface area contributed by atoms with Crippen LogP contribution in [0, 0.1) is 6.92 Å². The van der Waals surface area contributed by atoms with Gasteiger partial charge in [-0.1, -0.05) is 48.0 Å². The third kappa shape index (κ3) is 3.99. The molecular weight excluding hydrogens is 402 g/mol. The van der Waals surface area contributed by atoms with Crippen LogP contribution in [0.2, 0.25) is 0 Å². The molecule has 6 nitrogen and oxygen atoms in total. The van der Waals surface area contributed by atoms with Gasteiger partial charge in [0.1, 0.15) is 5.76 Å². The van der Waals surface area contributed by atoms with Crippen molar-refractivity contribution in [1.29, 1.82) is 0 Å². The van der Waals surface area contributed by atoms with E-state index >= 15 is 0 Å². The quantitative estimate of drug-likeness (QED) is 0.377. The van der Waals surface area contributed by atoms with Crippen LogP contribution in [0.5, 0.6) is 0 Å². The molecule has 1 N–H and O–H groups in total. The lowest BCUT2D eigenvalue weighted by Gasteiger charge is -2.26. The van der Waals surface area contributed by atoms with E-state index < -0.39 is 17.7 Å². The lowest BCUT2D eigenvalue weighted by Crippen LogP contribution is -2.29. The van der Waals surface area contributed by atoms with Crippen molar-refractivity contribution in [2.45, 2.75) is 19.5 Å². The van der Waals surface area contributed by atoms with Crippen molar-refractivity contribution in [2.75, 3.05) is 19.0 Å². The number of anilines is 1. The van der Waals surface area contributed by atoms with Crippen molar-refractivity contribution in [2.24, 2.45) is 0 Å². The molecule has 1 aliphatic rings. The third-order valence-corrected chi connectivity index (χ3v) is 5.67. The van der Waals surface area contributed by atoms with Crippen molar-refractivity contribution in [3.8, 4) is 0 Å².